The monoisotopic (exact) mass is 199 g/mol. The molecule has 1 saturated heterocycles. The molecule has 14 heavy (non-hydrogen) atoms. The maximum absolute atomic E-state index is 11.0. The maximum atomic E-state index is 11.0. The number of likely N-dealkylation sites (tertiary alicyclic amines) is 1. The number of hydrogen-bond acceptors (Lipinski definition) is 3. The van der Waals surface area contributed by atoms with E-state index >= 15 is 0 Å². The highest BCUT2D eigenvalue weighted by atomic mass is 16.1. The van der Waals surface area contributed by atoms with Crippen molar-refractivity contribution in [2.24, 2.45) is 0 Å². The lowest BCUT2D eigenvalue weighted by atomic mass is 10.1. The third kappa shape index (κ3) is 3.64. The molecule has 0 spiro atoms. The van der Waals surface area contributed by atoms with E-state index in [-0.39, 0.29) is 5.91 Å². The van der Waals surface area contributed by atoms with Crippen molar-refractivity contribution in [3.05, 3.63) is 0 Å². The van der Waals surface area contributed by atoms with Gasteiger partial charge >= 0.3 is 0 Å². The van der Waals surface area contributed by atoms with E-state index in [1.165, 1.54) is 0 Å². The molecule has 0 saturated carbocycles. The molecule has 0 aromatic rings. The van der Waals surface area contributed by atoms with Crippen LogP contribution in [0.15, 0.2) is 0 Å². The molecule has 0 aliphatic carbocycles. The smallest absolute Gasteiger partial charge is 0.233 e. The zero-order chi connectivity index (χ0) is 10.4. The molecule has 0 bridgehead atoms. The molecule has 82 valence electrons. The van der Waals surface area contributed by atoms with Crippen molar-refractivity contribution >= 4 is 5.91 Å². The minimum Gasteiger partial charge on any atom is -0.358 e. The van der Waals surface area contributed by atoms with E-state index in [1.54, 1.807) is 7.05 Å². The molecule has 1 heterocycles. The first-order valence-electron chi connectivity index (χ1n) is 5.42. The first-order valence-corrected chi connectivity index (χ1v) is 5.42. The van der Waals surface area contributed by atoms with Gasteiger partial charge in [-0.15, -0.1) is 0 Å². The molecule has 1 rings (SSSR count). The first kappa shape index (κ1) is 11.5. The fourth-order valence-corrected chi connectivity index (χ4v) is 1.78. The molecule has 1 fully saturated rings. The molecule has 2 N–H and O–H groups in total. The summed E-state index contributed by atoms with van der Waals surface area (Å²) in [7, 11) is 1.67. The number of rotatable bonds is 4. The third-order valence-electron chi connectivity index (χ3n) is 2.86. The lowest BCUT2D eigenvalue weighted by Gasteiger charge is -2.31. The Bertz CT molecular complexity index is 176. The highest BCUT2D eigenvalue weighted by Gasteiger charge is 2.17. The van der Waals surface area contributed by atoms with Crippen LogP contribution in [0.5, 0.6) is 0 Å². The molecule has 0 aromatic carbocycles. The maximum Gasteiger partial charge on any atom is 0.233 e. The second-order valence-corrected chi connectivity index (χ2v) is 3.76. The Hall–Kier alpha value is -0.610. The van der Waals surface area contributed by atoms with Gasteiger partial charge in [0.2, 0.25) is 5.91 Å². The van der Waals surface area contributed by atoms with Crippen molar-refractivity contribution in [1.82, 2.24) is 15.5 Å². The number of hydrogen-bond donors (Lipinski definition) is 2. The quantitative estimate of drug-likeness (QED) is 0.659. The van der Waals surface area contributed by atoms with Gasteiger partial charge < -0.3 is 15.5 Å². The van der Waals surface area contributed by atoms with Gasteiger partial charge in [0, 0.05) is 13.1 Å². The summed E-state index contributed by atoms with van der Waals surface area (Å²) >= 11 is 0. The normalized spacial score (nSPS) is 19.6. The molecule has 1 amide bonds. The van der Waals surface area contributed by atoms with Gasteiger partial charge in [-0.25, -0.2) is 0 Å². The zero-order valence-electron chi connectivity index (χ0n) is 9.18. The number of nitrogens with zero attached hydrogens (tertiary/aromatic N) is 1. The van der Waals surface area contributed by atoms with Crippen LogP contribution < -0.4 is 10.6 Å². The van der Waals surface area contributed by atoms with Gasteiger partial charge in [-0.3, -0.25) is 4.79 Å². The Morgan fingerprint density at radius 1 is 1.43 bits per heavy atom. The number of piperidine rings is 1. The summed E-state index contributed by atoms with van der Waals surface area (Å²) in [5.74, 6) is 0.0721. The van der Waals surface area contributed by atoms with Gasteiger partial charge in [-0.2, -0.15) is 0 Å². The second-order valence-electron chi connectivity index (χ2n) is 3.76. The van der Waals surface area contributed by atoms with Crippen LogP contribution in [-0.4, -0.2) is 50.1 Å². The van der Waals surface area contributed by atoms with Gasteiger partial charge in [-0.1, -0.05) is 6.92 Å². The molecular formula is C10H21N3O. The van der Waals surface area contributed by atoms with Crippen LogP contribution in [-0.2, 0) is 4.79 Å². The number of likely N-dealkylation sites (N-methyl/N-ethyl adjacent to an activating group) is 1. The van der Waals surface area contributed by atoms with Gasteiger partial charge in [0.1, 0.15) is 0 Å². The lowest BCUT2D eigenvalue weighted by molar-refractivity contribution is -0.119. The van der Waals surface area contributed by atoms with Crippen LogP contribution in [0.2, 0.25) is 0 Å². The topological polar surface area (TPSA) is 44.4 Å². The molecule has 4 heteroatoms. The van der Waals surface area contributed by atoms with Gasteiger partial charge in [0.05, 0.1) is 6.54 Å². The molecular weight excluding hydrogens is 178 g/mol. The third-order valence-corrected chi connectivity index (χ3v) is 2.86. The van der Waals surface area contributed by atoms with E-state index in [2.05, 4.69) is 22.5 Å². The Balaban J connectivity index is 2.13. The minimum atomic E-state index is 0.0721. The summed E-state index contributed by atoms with van der Waals surface area (Å²) in [5.41, 5.74) is 0. The van der Waals surface area contributed by atoms with Crippen molar-refractivity contribution in [1.29, 1.82) is 0 Å². The fourth-order valence-electron chi connectivity index (χ4n) is 1.78. The van der Waals surface area contributed by atoms with E-state index in [0.29, 0.717) is 12.6 Å². The molecule has 0 unspecified atom stereocenters. The lowest BCUT2D eigenvalue weighted by Crippen LogP contribution is -2.45. The van der Waals surface area contributed by atoms with Crippen LogP contribution >= 0.6 is 0 Å². The van der Waals surface area contributed by atoms with Crippen molar-refractivity contribution < 1.29 is 4.79 Å². The summed E-state index contributed by atoms with van der Waals surface area (Å²) in [6.07, 6.45) is 2.32. The standard InChI is InChI=1S/C10H21N3O/c1-3-13-6-4-9(5-7-13)12-8-10(14)11-2/h9,12H,3-8H2,1-2H3,(H,11,14). The van der Waals surface area contributed by atoms with Crippen LogP contribution in [0, 0.1) is 0 Å². The molecule has 4 nitrogen and oxygen atoms in total. The molecule has 0 atom stereocenters. The minimum absolute atomic E-state index is 0.0721. The summed E-state index contributed by atoms with van der Waals surface area (Å²) in [4.78, 5) is 13.4. The molecule has 1 aliphatic rings. The largest absolute Gasteiger partial charge is 0.358 e. The fraction of sp³-hybridized carbons (Fsp3) is 0.900. The Morgan fingerprint density at radius 3 is 2.57 bits per heavy atom. The van der Waals surface area contributed by atoms with E-state index < -0.39 is 0 Å². The summed E-state index contributed by atoms with van der Waals surface area (Å²) < 4.78 is 0. The number of carbonyl (C=O) groups excluding carboxylic acids is 1. The average Bonchev–Trinajstić information content (AvgIpc) is 2.26. The van der Waals surface area contributed by atoms with Crippen molar-refractivity contribution in [2.45, 2.75) is 25.8 Å². The number of amides is 1. The summed E-state index contributed by atoms with van der Waals surface area (Å²) in [6.45, 7) is 6.09. The average molecular weight is 199 g/mol. The van der Waals surface area contributed by atoms with Crippen LogP contribution in [0.1, 0.15) is 19.8 Å². The predicted molar refractivity (Wildman–Crippen MR) is 57.2 cm³/mol. The Morgan fingerprint density at radius 2 is 2.07 bits per heavy atom. The Labute approximate surface area is 86.0 Å². The molecule has 0 radical (unpaired) electrons. The van der Waals surface area contributed by atoms with E-state index in [9.17, 15) is 4.79 Å². The van der Waals surface area contributed by atoms with Crippen molar-refractivity contribution in [3.8, 4) is 0 Å². The van der Waals surface area contributed by atoms with Crippen molar-refractivity contribution in [3.63, 3.8) is 0 Å². The second kappa shape index (κ2) is 5.98. The number of carbonyl (C=O) groups is 1. The number of nitrogens with one attached hydrogen (secondary N) is 2. The van der Waals surface area contributed by atoms with Crippen molar-refractivity contribution in [2.75, 3.05) is 33.2 Å². The zero-order valence-corrected chi connectivity index (χ0v) is 9.18. The molecule has 0 aromatic heterocycles. The van der Waals surface area contributed by atoms with Crippen LogP contribution in [0.25, 0.3) is 0 Å². The SMILES string of the molecule is CCN1CCC(NCC(=O)NC)CC1. The highest BCUT2D eigenvalue weighted by molar-refractivity contribution is 5.77. The summed E-state index contributed by atoms with van der Waals surface area (Å²) in [6, 6.07) is 0.523. The van der Waals surface area contributed by atoms with Gasteiger partial charge in [0.25, 0.3) is 0 Å². The van der Waals surface area contributed by atoms with Crippen LogP contribution in [0.4, 0.5) is 0 Å². The first-order chi connectivity index (χ1) is 6.76. The van der Waals surface area contributed by atoms with E-state index in [1.807, 2.05) is 0 Å². The predicted octanol–water partition coefficient (Wildman–Crippen LogP) is -0.194. The Kier molecular flexibility index (Phi) is 4.90. The van der Waals surface area contributed by atoms with E-state index in [0.717, 1.165) is 32.5 Å². The van der Waals surface area contributed by atoms with E-state index in [4.69, 9.17) is 0 Å². The van der Waals surface area contributed by atoms with Gasteiger partial charge in [0.15, 0.2) is 0 Å². The van der Waals surface area contributed by atoms with Crippen LogP contribution in [0.3, 0.4) is 0 Å². The molecule has 1 aliphatic heterocycles. The highest BCUT2D eigenvalue weighted by Crippen LogP contribution is 2.08. The van der Waals surface area contributed by atoms with Gasteiger partial charge in [-0.05, 0) is 32.5 Å². The summed E-state index contributed by atoms with van der Waals surface area (Å²) in [5, 5.41) is 5.89.